The first-order chi connectivity index (χ1) is 5.65. The van der Waals surface area contributed by atoms with E-state index in [4.69, 9.17) is 5.11 Å². The number of rotatable bonds is 2. The molecular weight excluding hydrogens is 230 g/mol. The normalized spacial score (nSPS) is 13.0. The summed E-state index contributed by atoms with van der Waals surface area (Å²) < 4.78 is 25.1. The van der Waals surface area contributed by atoms with Crippen LogP contribution >= 0.6 is 15.9 Å². The van der Waals surface area contributed by atoms with Crippen LogP contribution in [-0.4, -0.2) is 11.8 Å². The zero-order valence-electron chi connectivity index (χ0n) is 6.10. The van der Waals surface area contributed by atoms with Crippen molar-refractivity contribution in [1.29, 1.82) is 0 Å². The Morgan fingerprint density at radius 3 is 2.75 bits per heavy atom. The van der Waals surface area contributed by atoms with Crippen LogP contribution in [0.15, 0.2) is 22.7 Å². The molecule has 0 aliphatic carbocycles. The summed E-state index contributed by atoms with van der Waals surface area (Å²) >= 11 is 3.08. The SMILES string of the molecule is O[C@@H](CF)c1cc(F)ccc1Br. The molecule has 1 N–H and O–H groups in total. The summed E-state index contributed by atoms with van der Waals surface area (Å²) in [7, 11) is 0. The third-order valence-corrected chi connectivity index (χ3v) is 2.19. The summed E-state index contributed by atoms with van der Waals surface area (Å²) in [6, 6.07) is 3.77. The fourth-order valence-electron chi connectivity index (χ4n) is 0.853. The third kappa shape index (κ3) is 2.01. The molecule has 0 radical (unpaired) electrons. The molecule has 1 rings (SSSR count). The molecule has 0 amide bonds. The van der Waals surface area contributed by atoms with E-state index in [0.717, 1.165) is 6.07 Å². The van der Waals surface area contributed by atoms with Gasteiger partial charge >= 0.3 is 0 Å². The Bertz CT molecular complexity index is 278. The molecule has 1 atom stereocenters. The van der Waals surface area contributed by atoms with Crippen LogP contribution in [0, 0.1) is 5.82 Å². The van der Waals surface area contributed by atoms with Crippen molar-refractivity contribution in [3.05, 3.63) is 34.1 Å². The second-order valence-corrected chi connectivity index (χ2v) is 3.19. The lowest BCUT2D eigenvalue weighted by Crippen LogP contribution is -2.00. The maximum atomic E-state index is 12.6. The molecule has 0 aliphatic heterocycles. The number of hydrogen-bond donors (Lipinski definition) is 1. The van der Waals surface area contributed by atoms with Gasteiger partial charge in [0.1, 0.15) is 18.6 Å². The Morgan fingerprint density at radius 2 is 2.17 bits per heavy atom. The van der Waals surface area contributed by atoms with Crippen molar-refractivity contribution in [3.63, 3.8) is 0 Å². The van der Waals surface area contributed by atoms with Crippen LogP contribution < -0.4 is 0 Å². The fourth-order valence-corrected chi connectivity index (χ4v) is 1.36. The maximum absolute atomic E-state index is 12.6. The van der Waals surface area contributed by atoms with E-state index in [0.29, 0.717) is 4.47 Å². The van der Waals surface area contributed by atoms with Gasteiger partial charge in [0, 0.05) is 10.0 Å². The Hall–Kier alpha value is -0.480. The molecule has 1 aromatic carbocycles. The molecule has 0 aliphatic rings. The van der Waals surface area contributed by atoms with Crippen molar-refractivity contribution in [2.24, 2.45) is 0 Å². The van der Waals surface area contributed by atoms with Gasteiger partial charge in [0.15, 0.2) is 0 Å². The highest BCUT2D eigenvalue weighted by atomic mass is 79.9. The van der Waals surface area contributed by atoms with E-state index in [9.17, 15) is 8.78 Å². The Kier molecular flexibility index (Phi) is 3.17. The monoisotopic (exact) mass is 236 g/mol. The van der Waals surface area contributed by atoms with Crippen LogP contribution in [0.1, 0.15) is 11.7 Å². The van der Waals surface area contributed by atoms with Crippen molar-refractivity contribution < 1.29 is 13.9 Å². The zero-order chi connectivity index (χ0) is 9.14. The average Bonchev–Trinajstić information content (AvgIpc) is 2.08. The minimum Gasteiger partial charge on any atom is -0.386 e. The van der Waals surface area contributed by atoms with E-state index >= 15 is 0 Å². The quantitative estimate of drug-likeness (QED) is 0.838. The summed E-state index contributed by atoms with van der Waals surface area (Å²) in [5.41, 5.74) is 0.234. The smallest absolute Gasteiger partial charge is 0.123 e. The van der Waals surface area contributed by atoms with E-state index in [-0.39, 0.29) is 5.56 Å². The molecular formula is C8H7BrF2O. The minimum absolute atomic E-state index is 0.234. The summed E-state index contributed by atoms with van der Waals surface area (Å²) in [4.78, 5) is 0. The third-order valence-electron chi connectivity index (χ3n) is 1.46. The number of hydrogen-bond acceptors (Lipinski definition) is 1. The minimum atomic E-state index is -1.25. The summed E-state index contributed by atoms with van der Waals surface area (Å²) in [6.07, 6.45) is -1.25. The molecule has 12 heavy (non-hydrogen) atoms. The van der Waals surface area contributed by atoms with Crippen LogP contribution in [-0.2, 0) is 0 Å². The van der Waals surface area contributed by atoms with Crippen molar-refractivity contribution in [2.45, 2.75) is 6.10 Å². The molecule has 1 nitrogen and oxygen atoms in total. The number of alkyl halides is 1. The second kappa shape index (κ2) is 3.96. The van der Waals surface area contributed by atoms with E-state index in [2.05, 4.69) is 15.9 Å². The topological polar surface area (TPSA) is 20.2 Å². The fraction of sp³-hybridized carbons (Fsp3) is 0.250. The number of benzene rings is 1. The van der Waals surface area contributed by atoms with Gasteiger partial charge in [-0.1, -0.05) is 15.9 Å². The first kappa shape index (κ1) is 9.61. The van der Waals surface area contributed by atoms with Gasteiger partial charge in [-0.15, -0.1) is 0 Å². The number of aliphatic hydroxyl groups excluding tert-OH is 1. The van der Waals surface area contributed by atoms with Crippen molar-refractivity contribution in [2.75, 3.05) is 6.67 Å². The van der Waals surface area contributed by atoms with Crippen LogP contribution in [0.4, 0.5) is 8.78 Å². The van der Waals surface area contributed by atoms with Gasteiger partial charge in [0.05, 0.1) is 0 Å². The zero-order valence-corrected chi connectivity index (χ0v) is 7.68. The second-order valence-electron chi connectivity index (χ2n) is 2.34. The predicted octanol–water partition coefficient (Wildman–Crippen LogP) is 2.59. The van der Waals surface area contributed by atoms with Gasteiger partial charge < -0.3 is 5.11 Å². The van der Waals surface area contributed by atoms with E-state index < -0.39 is 18.6 Å². The lowest BCUT2D eigenvalue weighted by Gasteiger charge is -2.08. The van der Waals surface area contributed by atoms with Gasteiger partial charge in [-0.2, -0.15) is 0 Å². The maximum Gasteiger partial charge on any atom is 0.123 e. The molecule has 0 saturated carbocycles. The van der Waals surface area contributed by atoms with Gasteiger partial charge in [-0.05, 0) is 18.2 Å². The lowest BCUT2D eigenvalue weighted by atomic mass is 10.1. The Balaban J connectivity index is 3.04. The molecule has 1 aromatic rings. The van der Waals surface area contributed by atoms with E-state index in [1.807, 2.05) is 0 Å². The molecule has 0 spiro atoms. The molecule has 0 fully saturated rings. The lowest BCUT2D eigenvalue weighted by molar-refractivity contribution is 0.141. The Morgan fingerprint density at radius 1 is 1.50 bits per heavy atom. The molecule has 0 bridgehead atoms. The highest BCUT2D eigenvalue weighted by molar-refractivity contribution is 9.10. The van der Waals surface area contributed by atoms with Gasteiger partial charge in [0.25, 0.3) is 0 Å². The Labute approximate surface area is 77.2 Å². The van der Waals surface area contributed by atoms with Gasteiger partial charge in [-0.3, -0.25) is 0 Å². The van der Waals surface area contributed by atoms with Crippen LogP contribution in [0.5, 0.6) is 0 Å². The van der Waals surface area contributed by atoms with Gasteiger partial charge in [0.2, 0.25) is 0 Å². The molecule has 4 heteroatoms. The van der Waals surface area contributed by atoms with Crippen molar-refractivity contribution in [1.82, 2.24) is 0 Å². The van der Waals surface area contributed by atoms with E-state index in [1.54, 1.807) is 0 Å². The largest absolute Gasteiger partial charge is 0.386 e. The number of aliphatic hydroxyl groups is 1. The predicted molar refractivity (Wildman–Crippen MR) is 45.0 cm³/mol. The number of halogens is 3. The first-order valence-corrected chi connectivity index (χ1v) is 4.13. The first-order valence-electron chi connectivity index (χ1n) is 3.34. The van der Waals surface area contributed by atoms with Crippen molar-refractivity contribution >= 4 is 15.9 Å². The van der Waals surface area contributed by atoms with Crippen LogP contribution in [0.25, 0.3) is 0 Å². The molecule has 0 aromatic heterocycles. The van der Waals surface area contributed by atoms with Crippen molar-refractivity contribution in [3.8, 4) is 0 Å². The molecule has 0 unspecified atom stereocenters. The molecule has 66 valence electrons. The van der Waals surface area contributed by atoms with E-state index in [1.165, 1.54) is 12.1 Å². The highest BCUT2D eigenvalue weighted by Crippen LogP contribution is 2.24. The highest BCUT2D eigenvalue weighted by Gasteiger charge is 2.11. The average molecular weight is 237 g/mol. The standard InChI is InChI=1S/C8H7BrF2O/c9-7-2-1-5(11)3-6(7)8(12)4-10/h1-3,8,12H,4H2/t8-/m0/s1. The summed E-state index contributed by atoms with van der Waals surface area (Å²) in [6.45, 7) is -0.915. The summed E-state index contributed by atoms with van der Waals surface area (Å²) in [5.74, 6) is -0.485. The van der Waals surface area contributed by atoms with Gasteiger partial charge in [-0.25, -0.2) is 8.78 Å². The summed E-state index contributed by atoms with van der Waals surface area (Å²) in [5, 5.41) is 9.06. The molecule has 0 saturated heterocycles. The molecule has 0 heterocycles. The van der Waals surface area contributed by atoms with Crippen LogP contribution in [0.3, 0.4) is 0 Å². The van der Waals surface area contributed by atoms with Crippen LogP contribution in [0.2, 0.25) is 0 Å².